The van der Waals surface area contributed by atoms with E-state index in [1.165, 1.54) is 6.08 Å². The predicted octanol–water partition coefficient (Wildman–Crippen LogP) is 4.80. The molecule has 0 saturated heterocycles. The Labute approximate surface area is 185 Å². The molecule has 2 rings (SSSR count). The zero-order valence-corrected chi connectivity index (χ0v) is 18.4. The van der Waals surface area contributed by atoms with Crippen LogP contribution in [-0.4, -0.2) is 36.6 Å². The van der Waals surface area contributed by atoms with E-state index in [9.17, 15) is 4.79 Å². The Kier molecular flexibility index (Phi) is 8.49. The Morgan fingerprint density at radius 2 is 1.70 bits per heavy atom. The average Bonchev–Trinajstić information content (AvgIpc) is 2.61. The van der Waals surface area contributed by atoms with Gasteiger partial charge in [0.2, 0.25) is 0 Å². The number of amidine groups is 1. The van der Waals surface area contributed by atoms with Gasteiger partial charge >= 0.3 is 186 Å². The molecular formula is C18H14Cl4N3OSe. The van der Waals surface area contributed by atoms with Crippen LogP contribution in [0.25, 0.3) is 6.08 Å². The number of rotatable bonds is 5. The molecule has 9 heteroatoms. The summed E-state index contributed by atoms with van der Waals surface area (Å²) in [6.45, 7) is 0. The van der Waals surface area contributed by atoms with E-state index < -0.39 is 15.9 Å². The van der Waals surface area contributed by atoms with Crippen LogP contribution in [0.3, 0.4) is 0 Å². The van der Waals surface area contributed by atoms with E-state index in [0.29, 0.717) is 15.4 Å². The molecule has 141 valence electrons. The van der Waals surface area contributed by atoms with Crippen LogP contribution < -0.4 is 10.6 Å². The summed E-state index contributed by atoms with van der Waals surface area (Å²) in [4.78, 5) is 16.4. The van der Waals surface area contributed by atoms with Crippen molar-refractivity contribution in [1.82, 2.24) is 5.32 Å². The SMILES string of the molecule is O=C(/C=C/c1ccccc1)NC(N=C([Se])Nc1ccccc1Cl)C(Cl)(Cl)Cl. The molecule has 2 N–H and O–H groups in total. The van der Waals surface area contributed by atoms with Gasteiger partial charge in [-0.15, -0.1) is 0 Å². The number of hydrogen-bond acceptors (Lipinski definition) is 2. The summed E-state index contributed by atoms with van der Waals surface area (Å²) >= 11 is 26.7. The van der Waals surface area contributed by atoms with Gasteiger partial charge in [0.05, 0.1) is 0 Å². The molecule has 0 heterocycles. The number of alkyl halides is 3. The molecule has 1 atom stereocenters. The van der Waals surface area contributed by atoms with Gasteiger partial charge in [0.1, 0.15) is 0 Å². The number of anilines is 1. The molecule has 2 aromatic rings. The molecule has 2 aromatic carbocycles. The minimum atomic E-state index is -1.85. The normalized spacial score (nSPS) is 13.4. The van der Waals surface area contributed by atoms with Gasteiger partial charge < -0.3 is 0 Å². The van der Waals surface area contributed by atoms with E-state index in [0.717, 1.165) is 5.56 Å². The van der Waals surface area contributed by atoms with Gasteiger partial charge in [0, 0.05) is 0 Å². The summed E-state index contributed by atoms with van der Waals surface area (Å²) in [5.41, 5.74) is 1.49. The molecule has 1 amide bonds. The summed E-state index contributed by atoms with van der Waals surface area (Å²) in [6.07, 6.45) is 1.87. The fraction of sp³-hybridized carbons (Fsp3) is 0.111. The van der Waals surface area contributed by atoms with Gasteiger partial charge in [-0.25, -0.2) is 0 Å². The van der Waals surface area contributed by atoms with Crippen molar-refractivity contribution in [3.05, 3.63) is 71.3 Å². The summed E-state index contributed by atoms with van der Waals surface area (Å²) in [6, 6.07) is 16.4. The van der Waals surface area contributed by atoms with E-state index in [2.05, 4.69) is 31.6 Å². The summed E-state index contributed by atoms with van der Waals surface area (Å²) in [5, 5.41) is 6.02. The third-order valence-electron chi connectivity index (χ3n) is 3.18. The van der Waals surface area contributed by atoms with Crippen LogP contribution in [0.4, 0.5) is 5.69 Å². The Morgan fingerprint density at radius 1 is 1.07 bits per heavy atom. The van der Waals surface area contributed by atoms with Crippen molar-refractivity contribution in [2.75, 3.05) is 5.32 Å². The molecule has 0 aliphatic heterocycles. The molecule has 0 aliphatic rings. The third-order valence-corrected chi connectivity index (χ3v) is 4.56. The number of nitrogens with zero attached hydrogens (tertiary/aromatic N) is 1. The second-order valence-corrected chi connectivity index (χ2v) is 8.82. The molecule has 0 aromatic heterocycles. The number of aliphatic imine (C=N–C) groups is 1. The van der Waals surface area contributed by atoms with Crippen molar-refractivity contribution in [1.29, 1.82) is 0 Å². The summed E-state index contributed by atoms with van der Waals surface area (Å²) in [5.74, 6) is -0.454. The Bertz CT molecular complexity index is 838. The fourth-order valence-electron chi connectivity index (χ4n) is 1.93. The first-order chi connectivity index (χ1) is 12.8. The molecule has 1 unspecified atom stereocenters. The first-order valence-electron chi connectivity index (χ1n) is 7.62. The Hall–Kier alpha value is -1.20. The second kappa shape index (κ2) is 10.4. The van der Waals surface area contributed by atoms with Crippen molar-refractivity contribution in [2.45, 2.75) is 9.96 Å². The second-order valence-electron chi connectivity index (χ2n) is 5.24. The third kappa shape index (κ3) is 7.74. The number of amides is 1. The first-order valence-corrected chi connectivity index (χ1v) is 9.99. The molecule has 0 aliphatic carbocycles. The zero-order valence-electron chi connectivity index (χ0n) is 13.7. The van der Waals surface area contributed by atoms with Crippen molar-refractivity contribution < 1.29 is 4.79 Å². The maximum absolute atomic E-state index is 12.2. The molecule has 0 saturated carbocycles. The van der Waals surface area contributed by atoms with Gasteiger partial charge in [0.25, 0.3) is 0 Å². The number of hydrogen-bond donors (Lipinski definition) is 2. The van der Waals surface area contributed by atoms with Crippen LogP contribution in [0.5, 0.6) is 0 Å². The fourth-order valence-corrected chi connectivity index (χ4v) is 2.88. The van der Waals surface area contributed by atoms with Gasteiger partial charge in [-0.1, -0.05) is 0 Å². The maximum atomic E-state index is 12.2. The number of benzene rings is 2. The molecule has 0 spiro atoms. The minimum absolute atomic E-state index is 0.298. The van der Waals surface area contributed by atoms with Crippen molar-refractivity contribution >= 4 is 84.8 Å². The van der Waals surface area contributed by atoms with Crippen LogP contribution in [0.1, 0.15) is 5.56 Å². The Balaban J connectivity index is 2.09. The van der Waals surface area contributed by atoms with Crippen LogP contribution in [-0.2, 0) is 4.79 Å². The molecule has 4 nitrogen and oxygen atoms in total. The molecule has 1 radical (unpaired) electrons. The van der Waals surface area contributed by atoms with Crippen molar-refractivity contribution in [2.24, 2.45) is 4.99 Å². The number of halogens is 4. The number of nitrogens with one attached hydrogen (secondary N) is 2. The van der Waals surface area contributed by atoms with E-state index in [1.54, 1.807) is 24.3 Å². The molecule has 0 bridgehead atoms. The standard InChI is InChI=1S/C18H14Cl4N3OSe/c19-13-8-4-5-9-14(13)23-17(27)25-16(18(20,21)22)24-15(26)11-10-12-6-2-1-3-7-12/h1-11,16H,(H,23,25)(H,24,26)/b11-10+. The number of carbonyl (C=O) groups is 1. The van der Waals surface area contributed by atoms with Crippen molar-refractivity contribution in [3.8, 4) is 0 Å². The first kappa shape index (κ1) is 22.1. The number of para-hydroxylation sites is 1. The van der Waals surface area contributed by atoms with E-state index in [1.807, 2.05) is 36.4 Å². The van der Waals surface area contributed by atoms with Crippen LogP contribution in [0, 0.1) is 0 Å². The van der Waals surface area contributed by atoms with Crippen LogP contribution in [0.15, 0.2) is 65.7 Å². The number of carbonyl (C=O) groups excluding carboxylic acids is 1. The molecule has 0 fully saturated rings. The van der Waals surface area contributed by atoms with Crippen LogP contribution in [0.2, 0.25) is 5.02 Å². The average molecular weight is 509 g/mol. The van der Waals surface area contributed by atoms with Crippen LogP contribution >= 0.6 is 46.4 Å². The van der Waals surface area contributed by atoms with E-state index in [4.69, 9.17) is 46.4 Å². The summed E-state index contributed by atoms with van der Waals surface area (Å²) < 4.78 is -1.56. The van der Waals surface area contributed by atoms with Gasteiger partial charge in [0.15, 0.2) is 0 Å². The molecule has 27 heavy (non-hydrogen) atoms. The van der Waals surface area contributed by atoms with Gasteiger partial charge in [-0.3, -0.25) is 0 Å². The van der Waals surface area contributed by atoms with Gasteiger partial charge in [-0.2, -0.15) is 0 Å². The molecular weight excluding hydrogens is 495 g/mol. The zero-order chi connectivity index (χ0) is 19.9. The monoisotopic (exact) mass is 508 g/mol. The summed E-state index contributed by atoms with van der Waals surface area (Å²) in [7, 11) is 0. The van der Waals surface area contributed by atoms with E-state index in [-0.39, 0.29) is 0 Å². The quantitative estimate of drug-likeness (QED) is 0.200. The Morgan fingerprint density at radius 3 is 2.33 bits per heavy atom. The van der Waals surface area contributed by atoms with Gasteiger partial charge in [-0.05, 0) is 0 Å². The predicted molar refractivity (Wildman–Crippen MR) is 116 cm³/mol. The van der Waals surface area contributed by atoms with Crippen molar-refractivity contribution in [3.63, 3.8) is 0 Å². The van der Waals surface area contributed by atoms with E-state index >= 15 is 0 Å². The topological polar surface area (TPSA) is 53.5 Å².